The lowest BCUT2D eigenvalue weighted by molar-refractivity contribution is -0.130. The minimum absolute atomic E-state index is 0.0610. The quantitative estimate of drug-likeness (QED) is 0.483. The standard InChI is InChI=1S/C22H24N4O5/c1-25(19-5-3-4-10-23-19)11-14-31-17-8-6-16(7-9-17)15-18-20(27)24-22(29)26(21(18)28)12-13-30-2/h3-10,15H,11-14H2,1-2H3,(H,24,27,29)/b18-15+. The summed E-state index contributed by atoms with van der Waals surface area (Å²) >= 11 is 0. The summed E-state index contributed by atoms with van der Waals surface area (Å²) in [4.78, 5) is 43.7. The molecule has 0 bridgehead atoms. The molecule has 0 atom stereocenters. The molecule has 9 nitrogen and oxygen atoms in total. The van der Waals surface area contributed by atoms with Gasteiger partial charge in [-0.05, 0) is 35.9 Å². The molecular formula is C22H24N4O5. The van der Waals surface area contributed by atoms with Gasteiger partial charge in [0.15, 0.2) is 0 Å². The number of barbiturate groups is 1. The predicted molar refractivity (Wildman–Crippen MR) is 115 cm³/mol. The molecule has 9 heteroatoms. The number of pyridine rings is 1. The van der Waals surface area contributed by atoms with Crippen LogP contribution < -0.4 is 15.0 Å². The fraction of sp³-hybridized carbons (Fsp3) is 0.273. The Hall–Kier alpha value is -3.72. The van der Waals surface area contributed by atoms with Gasteiger partial charge in [-0.1, -0.05) is 18.2 Å². The average molecular weight is 424 g/mol. The number of imide groups is 2. The Bertz CT molecular complexity index is 960. The van der Waals surface area contributed by atoms with E-state index in [1.165, 1.54) is 13.2 Å². The van der Waals surface area contributed by atoms with Crippen LogP contribution in [0.2, 0.25) is 0 Å². The van der Waals surface area contributed by atoms with E-state index in [9.17, 15) is 14.4 Å². The van der Waals surface area contributed by atoms with Crippen LogP contribution in [0.3, 0.4) is 0 Å². The van der Waals surface area contributed by atoms with Crippen LogP contribution in [-0.4, -0.2) is 68.2 Å². The summed E-state index contributed by atoms with van der Waals surface area (Å²) in [7, 11) is 3.41. The molecule has 0 spiro atoms. The Kier molecular flexibility index (Phi) is 7.34. The molecule has 2 heterocycles. The highest BCUT2D eigenvalue weighted by molar-refractivity contribution is 6.31. The molecule has 4 amide bonds. The predicted octanol–water partition coefficient (Wildman–Crippen LogP) is 1.70. The molecule has 0 aliphatic carbocycles. The van der Waals surface area contributed by atoms with Gasteiger partial charge in [-0.3, -0.25) is 19.8 Å². The van der Waals surface area contributed by atoms with Gasteiger partial charge in [-0.2, -0.15) is 0 Å². The third-order valence-electron chi connectivity index (χ3n) is 4.63. The van der Waals surface area contributed by atoms with Crippen molar-refractivity contribution < 1.29 is 23.9 Å². The van der Waals surface area contributed by atoms with E-state index in [-0.39, 0.29) is 18.7 Å². The van der Waals surface area contributed by atoms with E-state index >= 15 is 0 Å². The number of hydrogen-bond donors (Lipinski definition) is 1. The smallest absolute Gasteiger partial charge is 0.331 e. The first-order valence-electron chi connectivity index (χ1n) is 9.72. The number of methoxy groups -OCH3 is 1. The maximum atomic E-state index is 12.5. The van der Waals surface area contributed by atoms with E-state index < -0.39 is 17.8 Å². The van der Waals surface area contributed by atoms with Crippen LogP contribution in [0.15, 0.2) is 54.2 Å². The van der Waals surface area contributed by atoms with Crippen LogP contribution in [0.25, 0.3) is 6.08 Å². The average Bonchev–Trinajstić information content (AvgIpc) is 2.78. The highest BCUT2D eigenvalue weighted by Crippen LogP contribution is 2.18. The zero-order valence-electron chi connectivity index (χ0n) is 17.4. The lowest BCUT2D eigenvalue weighted by Gasteiger charge is -2.26. The Morgan fingerprint density at radius 1 is 1.10 bits per heavy atom. The second kappa shape index (κ2) is 10.4. The minimum atomic E-state index is -0.747. The van der Waals surface area contributed by atoms with Crippen LogP contribution in [0.5, 0.6) is 5.75 Å². The number of rotatable bonds is 9. The van der Waals surface area contributed by atoms with Crippen molar-refractivity contribution in [1.29, 1.82) is 0 Å². The van der Waals surface area contributed by atoms with Crippen molar-refractivity contribution in [2.75, 3.05) is 45.4 Å². The fourth-order valence-corrected chi connectivity index (χ4v) is 2.90. The van der Waals surface area contributed by atoms with Crippen molar-refractivity contribution in [3.63, 3.8) is 0 Å². The van der Waals surface area contributed by atoms with Crippen molar-refractivity contribution in [3.8, 4) is 5.75 Å². The molecule has 1 aliphatic heterocycles. The van der Waals surface area contributed by atoms with Crippen molar-refractivity contribution in [1.82, 2.24) is 15.2 Å². The molecule has 31 heavy (non-hydrogen) atoms. The first-order valence-corrected chi connectivity index (χ1v) is 9.72. The monoisotopic (exact) mass is 424 g/mol. The lowest BCUT2D eigenvalue weighted by Crippen LogP contribution is -2.54. The Labute approximate surface area is 180 Å². The van der Waals surface area contributed by atoms with Crippen LogP contribution in [0.1, 0.15) is 5.56 Å². The van der Waals surface area contributed by atoms with Gasteiger partial charge in [0.25, 0.3) is 11.8 Å². The molecule has 1 saturated heterocycles. The van der Waals surface area contributed by atoms with E-state index in [4.69, 9.17) is 9.47 Å². The molecule has 1 aromatic heterocycles. The Morgan fingerprint density at radius 2 is 1.87 bits per heavy atom. The van der Waals surface area contributed by atoms with Crippen molar-refractivity contribution in [3.05, 3.63) is 59.8 Å². The third-order valence-corrected chi connectivity index (χ3v) is 4.63. The molecule has 1 aromatic carbocycles. The number of anilines is 1. The molecule has 0 unspecified atom stereocenters. The molecule has 162 valence electrons. The first-order chi connectivity index (χ1) is 15.0. The highest BCUT2D eigenvalue weighted by Gasteiger charge is 2.35. The normalized spacial score (nSPS) is 15.2. The number of likely N-dealkylation sites (N-methyl/N-ethyl adjacent to an activating group) is 1. The van der Waals surface area contributed by atoms with Crippen LogP contribution in [-0.2, 0) is 14.3 Å². The second-order valence-electron chi connectivity index (χ2n) is 6.79. The number of amides is 4. The summed E-state index contributed by atoms with van der Waals surface area (Å²) in [5, 5.41) is 2.17. The van der Waals surface area contributed by atoms with E-state index in [0.717, 1.165) is 10.7 Å². The van der Waals surface area contributed by atoms with Gasteiger partial charge in [0.2, 0.25) is 0 Å². The number of carbonyl (C=O) groups excluding carboxylic acids is 3. The zero-order chi connectivity index (χ0) is 22.2. The molecule has 2 aromatic rings. The van der Waals surface area contributed by atoms with Gasteiger partial charge >= 0.3 is 6.03 Å². The van der Waals surface area contributed by atoms with Crippen molar-refractivity contribution >= 4 is 29.7 Å². The van der Waals surface area contributed by atoms with E-state index in [1.807, 2.05) is 30.1 Å². The van der Waals surface area contributed by atoms with Gasteiger partial charge in [-0.25, -0.2) is 9.78 Å². The minimum Gasteiger partial charge on any atom is -0.492 e. The molecular weight excluding hydrogens is 400 g/mol. The van der Waals surface area contributed by atoms with Gasteiger partial charge in [-0.15, -0.1) is 0 Å². The first kappa shape index (κ1) is 22.0. The topological polar surface area (TPSA) is 101 Å². The molecule has 1 N–H and O–H groups in total. The zero-order valence-corrected chi connectivity index (χ0v) is 17.4. The molecule has 0 saturated carbocycles. The summed E-state index contributed by atoms with van der Waals surface area (Å²) in [6, 6.07) is 12.0. The number of hydrogen-bond acceptors (Lipinski definition) is 7. The van der Waals surface area contributed by atoms with E-state index in [0.29, 0.717) is 24.5 Å². The van der Waals surface area contributed by atoms with Crippen LogP contribution in [0, 0.1) is 0 Å². The fourth-order valence-electron chi connectivity index (χ4n) is 2.90. The number of aromatic nitrogens is 1. The number of benzene rings is 1. The number of urea groups is 1. The number of nitrogens with zero attached hydrogens (tertiary/aromatic N) is 3. The van der Waals surface area contributed by atoms with Crippen molar-refractivity contribution in [2.24, 2.45) is 0 Å². The SMILES string of the molecule is COCCN1C(=O)NC(=O)/C(=C\c2ccc(OCCN(C)c3ccccn3)cc2)C1=O. The summed E-state index contributed by atoms with van der Waals surface area (Å²) in [6.45, 7) is 1.36. The third kappa shape index (κ3) is 5.67. The van der Waals surface area contributed by atoms with Gasteiger partial charge in [0.1, 0.15) is 23.7 Å². The molecule has 3 rings (SSSR count). The van der Waals surface area contributed by atoms with E-state index in [1.54, 1.807) is 30.5 Å². The largest absolute Gasteiger partial charge is 0.492 e. The maximum Gasteiger partial charge on any atom is 0.331 e. The summed E-state index contributed by atoms with van der Waals surface area (Å²) in [5.74, 6) is 0.152. The Morgan fingerprint density at radius 3 is 2.55 bits per heavy atom. The summed E-state index contributed by atoms with van der Waals surface area (Å²) < 4.78 is 10.7. The lowest BCUT2D eigenvalue weighted by atomic mass is 10.1. The molecule has 0 radical (unpaired) electrons. The van der Waals surface area contributed by atoms with Crippen LogP contribution in [0.4, 0.5) is 10.6 Å². The maximum absolute atomic E-state index is 12.5. The molecule has 1 fully saturated rings. The number of carbonyl (C=O) groups is 3. The van der Waals surface area contributed by atoms with Gasteiger partial charge in [0, 0.05) is 20.4 Å². The van der Waals surface area contributed by atoms with Gasteiger partial charge in [0.05, 0.1) is 19.7 Å². The number of nitrogens with one attached hydrogen (secondary N) is 1. The van der Waals surface area contributed by atoms with E-state index in [2.05, 4.69) is 10.3 Å². The summed E-state index contributed by atoms with van der Waals surface area (Å²) in [5.41, 5.74) is 0.527. The van der Waals surface area contributed by atoms with Crippen molar-refractivity contribution in [2.45, 2.75) is 0 Å². The Balaban J connectivity index is 1.60. The highest BCUT2D eigenvalue weighted by atomic mass is 16.5. The summed E-state index contributed by atoms with van der Waals surface area (Å²) in [6.07, 6.45) is 3.19. The van der Waals surface area contributed by atoms with Crippen LogP contribution >= 0.6 is 0 Å². The molecule has 1 aliphatic rings. The van der Waals surface area contributed by atoms with Gasteiger partial charge < -0.3 is 14.4 Å². The second-order valence-corrected chi connectivity index (χ2v) is 6.79. The number of ether oxygens (including phenoxy) is 2.